The Balaban J connectivity index is 1.76. The summed E-state index contributed by atoms with van der Waals surface area (Å²) in [5, 5.41) is 3.32. The molecule has 0 radical (unpaired) electrons. The van der Waals surface area contributed by atoms with Gasteiger partial charge in [-0.2, -0.15) is 0 Å². The fraction of sp³-hybridized carbons (Fsp3) is 0.417. The lowest BCUT2D eigenvalue weighted by Gasteiger charge is -2.24. The third kappa shape index (κ3) is 2.65. The molecule has 1 aliphatic rings. The molecule has 0 atom stereocenters. The monoisotopic (exact) mass is 281 g/mol. The zero-order chi connectivity index (χ0) is 13.5. The van der Waals surface area contributed by atoms with E-state index in [1.807, 2.05) is 18.2 Å². The van der Waals surface area contributed by atoms with E-state index in [0.717, 1.165) is 16.7 Å². The van der Waals surface area contributed by atoms with Crippen LogP contribution in [0.4, 0.5) is 5.69 Å². The Bertz CT molecular complexity index is 746. The molecule has 2 heterocycles. The van der Waals surface area contributed by atoms with Gasteiger partial charge < -0.3 is 15.3 Å². The van der Waals surface area contributed by atoms with Gasteiger partial charge in [0.15, 0.2) is 0 Å². The number of anilines is 1. The number of rotatable bonds is 2. The molecule has 7 heteroatoms. The first-order valence-corrected chi connectivity index (χ1v) is 8.03. The lowest BCUT2D eigenvalue weighted by molar-refractivity contribution is 0.559. The predicted molar refractivity (Wildman–Crippen MR) is 74.2 cm³/mol. The fourth-order valence-corrected chi connectivity index (χ4v) is 3.88. The van der Waals surface area contributed by atoms with E-state index in [1.165, 1.54) is 0 Å². The summed E-state index contributed by atoms with van der Waals surface area (Å²) >= 11 is 0. The third-order valence-electron chi connectivity index (χ3n) is 3.44. The highest BCUT2D eigenvalue weighted by Gasteiger charge is 2.23. The minimum atomic E-state index is -2.83. The maximum absolute atomic E-state index is 11.4. The van der Waals surface area contributed by atoms with E-state index in [2.05, 4.69) is 15.3 Å². The lowest BCUT2D eigenvalue weighted by atomic mass is 10.1. The molecule has 0 amide bonds. The molecule has 1 saturated heterocycles. The van der Waals surface area contributed by atoms with Gasteiger partial charge in [0.1, 0.15) is 9.84 Å². The van der Waals surface area contributed by atoms with Gasteiger partial charge in [-0.1, -0.05) is 0 Å². The van der Waals surface area contributed by atoms with Crippen LogP contribution in [0, 0.1) is 0 Å². The van der Waals surface area contributed by atoms with Crippen molar-refractivity contribution < 1.29 is 8.42 Å². The number of aromatic nitrogens is 2. The summed E-state index contributed by atoms with van der Waals surface area (Å²) in [6.45, 7) is 0. The van der Waals surface area contributed by atoms with E-state index in [1.54, 1.807) is 0 Å². The van der Waals surface area contributed by atoms with Crippen molar-refractivity contribution in [1.29, 1.82) is 0 Å². The first-order chi connectivity index (χ1) is 9.02. The van der Waals surface area contributed by atoms with Crippen molar-refractivity contribution >= 4 is 26.6 Å². The molecule has 1 aromatic carbocycles. The van der Waals surface area contributed by atoms with Gasteiger partial charge in [0.2, 0.25) is 0 Å². The zero-order valence-corrected chi connectivity index (χ0v) is 11.1. The molecular weight excluding hydrogens is 266 g/mol. The molecule has 6 nitrogen and oxygen atoms in total. The number of H-pyrrole nitrogens is 2. The van der Waals surface area contributed by atoms with Crippen molar-refractivity contribution in [3.05, 3.63) is 28.7 Å². The molecule has 102 valence electrons. The van der Waals surface area contributed by atoms with Crippen LogP contribution in [0.2, 0.25) is 0 Å². The second-order valence-corrected chi connectivity index (χ2v) is 7.21. The molecule has 0 saturated carbocycles. The van der Waals surface area contributed by atoms with E-state index in [-0.39, 0.29) is 23.2 Å². The number of nitrogens with one attached hydrogen (secondary N) is 3. The quantitative estimate of drug-likeness (QED) is 0.760. The number of fused-ring (bicyclic) bond motifs is 1. The minimum absolute atomic E-state index is 0.173. The standard InChI is InChI=1S/C12H15N3O3S/c16-12-14-10-2-1-9(7-11(10)15-12)13-8-3-5-19(17,18)6-4-8/h1-2,7-8,13H,3-6H2,(H2,14,15,16). The van der Waals surface area contributed by atoms with Crippen molar-refractivity contribution in [3.8, 4) is 0 Å². The molecule has 0 bridgehead atoms. The van der Waals surface area contributed by atoms with E-state index in [4.69, 9.17) is 0 Å². The van der Waals surface area contributed by atoms with Crippen molar-refractivity contribution in [2.45, 2.75) is 18.9 Å². The Hall–Kier alpha value is -1.76. The molecule has 0 unspecified atom stereocenters. The number of hydrogen-bond acceptors (Lipinski definition) is 4. The summed E-state index contributed by atoms with van der Waals surface area (Å²) in [4.78, 5) is 16.5. The molecule has 1 aliphatic heterocycles. The summed E-state index contributed by atoms with van der Waals surface area (Å²) in [6, 6.07) is 5.74. The van der Waals surface area contributed by atoms with Gasteiger partial charge in [-0.25, -0.2) is 13.2 Å². The SMILES string of the molecule is O=c1[nH]c2ccc(NC3CCS(=O)(=O)CC3)cc2[nH]1. The van der Waals surface area contributed by atoms with Crippen LogP contribution in [0.3, 0.4) is 0 Å². The highest BCUT2D eigenvalue weighted by atomic mass is 32.2. The molecule has 1 fully saturated rings. The van der Waals surface area contributed by atoms with E-state index < -0.39 is 9.84 Å². The molecule has 0 spiro atoms. The third-order valence-corrected chi connectivity index (χ3v) is 5.16. The lowest BCUT2D eigenvalue weighted by Crippen LogP contribution is -2.32. The summed E-state index contributed by atoms with van der Waals surface area (Å²) in [5.74, 6) is 0.488. The number of sulfone groups is 1. The number of benzene rings is 1. The highest BCUT2D eigenvalue weighted by Crippen LogP contribution is 2.20. The van der Waals surface area contributed by atoms with E-state index >= 15 is 0 Å². The van der Waals surface area contributed by atoms with Gasteiger partial charge in [0, 0.05) is 11.7 Å². The van der Waals surface area contributed by atoms with Crippen LogP contribution in [-0.4, -0.2) is 35.9 Å². The van der Waals surface area contributed by atoms with Crippen molar-refractivity contribution in [1.82, 2.24) is 9.97 Å². The Kier molecular flexibility index (Phi) is 2.85. The van der Waals surface area contributed by atoms with Crippen LogP contribution < -0.4 is 11.0 Å². The maximum Gasteiger partial charge on any atom is 0.323 e. The van der Waals surface area contributed by atoms with Gasteiger partial charge in [0.05, 0.1) is 22.5 Å². The van der Waals surface area contributed by atoms with E-state index in [9.17, 15) is 13.2 Å². The Morgan fingerprint density at radius 1 is 1.11 bits per heavy atom. The van der Waals surface area contributed by atoms with Gasteiger partial charge in [-0.05, 0) is 31.0 Å². The van der Waals surface area contributed by atoms with E-state index in [0.29, 0.717) is 12.8 Å². The van der Waals surface area contributed by atoms with Gasteiger partial charge in [-0.15, -0.1) is 0 Å². The van der Waals surface area contributed by atoms with Gasteiger partial charge in [0.25, 0.3) is 0 Å². The second kappa shape index (κ2) is 4.41. The molecule has 2 aromatic rings. The van der Waals surface area contributed by atoms with Crippen molar-refractivity contribution in [2.75, 3.05) is 16.8 Å². The largest absolute Gasteiger partial charge is 0.382 e. The highest BCUT2D eigenvalue weighted by molar-refractivity contribution is 7.91. The Morgan fingerprint density at radius 2 is 1.79 bits per heavy atom. The van der Waals surface area contributed by atoms with Crippen molar-refractivity contribution in [3.63, 3.8) is 0 Å². The molecule has 1 aromatic heterocycles. The number of imidazole rings is 1. The molecule has 3 rings (SSSR count). The van der Waals surface area contributed by atoms with Gasteiger partial charge >= 0.3 is 5.69 Å². The summed E-state index contributed by atoms with van der Waals surface area (Å²) in [5.41, 5.74) is 2.18. The molecular formula is C12H15N3O3S. The van der Waals surface area contributed by atoms with Crippen molar-refractivity contribution in [2.24, 2.45) is 0 Å². The Labute approximate surface area is 110 Å². The number of hydrogen-bond donors (Lipinski definition) is 3. The van der Waals surface area contributed by atoms with Crippen LogP contribution in [-0.2, 0) is 9.84 Å². The summed E-state index contributed by atoms with van der Waals surface area (Å²) in [7, 11) is -2.83. The first kappa shape index (κ1) is 12.3. The predicted octanol–water partition coefficient (Wildman–Crippen LogP) is 0.845. The maximum atomic E-state index is 11.4. The zero-order valence-electron chi connectivity index (χ0n) is 10.3. The topological polar surface area (TPSA) is 94.8 Å². The fourth-order valence-electron chi connectivity index (χ4n) is 2.39. The molecule has 19 heavy (non-hydrogen) atoms. The average molecular weight is 281 g/mol. The minimum Gasteiger partial charge on any atom is -0.382 e. The Morgan fingerprint density at radius 3 is 2.53 bits per heavy atom. The van der Waals surface area contributed by atoms with Gasteiger partial charge in [-0.3, -0.25) is 0 Å². The van der Waals surface area contributed by atoms with Crippen LogP contribution in [0.15, 0.2) is 23.0 Å². The normalized spacial score (nSPS) is 19.6. The summed E-state index contributed by atoms with van der Waals surface area (Å²) in [6.07, 6.45) is 1.26. The number of aromatic amines is 2. The summed E-state index contributed by atoms with van der Waals surface area (Å²) < 4.78 is 22.7. The molecule has 0 aliphatic carbocycles. The van der Waals surface area contributed by atoms with Crippen LogP contribution in [0.1, 0.15) is 12.8 Å². The van der Waals surface area contributed by atoms with Crippen LogP contribution in [0.25, 0.3) is 11.0 Å². The smallest absolute Gasteiger partial charge is 0.323 e. The first-order valence-electron chi connectivity index (χ1n) is 6.21. The van der Waals surface area contributed by atoms with Crippen LogP contribution in [0.5, 0.6) is 0 Å². The van der Waals surface area contributed by atoms with Crippen LogP contribution >= 0.6 is 0 Å². The average Bonchev–Trinajstić information content (AvgIpc) is 2.71. The molecule has 3 N–H and O–H groups in total. The second-order valence-electron chi connectivity index (χ2n) is 4.91.